The first kappa shape index (κ1) is 47.2. The summed E-state index contributed by atoms with van der Waals surface area (Å²) in [5.74, 6) is -0.305. The van der Waals surface area contributed by atoms with Crippen molar-refractivity contribution >= 4 is 64.5 Å². The summed E-state index contributed by atoms with van der Waals surface area (Å²) in [6.07, 6.45) is 0.993. The average Bonchev–Trinajstić information content (AvgIpc) is 3.18. The average molecular weight is 756 g/mol. The lowest BCUT2D eigenvalue weighted by molar-refractivity contribution is 0.397. The number of rotatable bonds is 8. The van der Waals surface area contributed by atoms with Gasteiger partial charge < -0.3 is 10.4 Å². The fourth-order valence-corrected chi connectivity index (χ4v) is 4.91. The van der Waals surface area contributed by atoms with E-state index in [1.165, 1.54) is 6.07 Å². The minimum Gasteiger partial charge on any atom is -0.505 e. The van der Waals surface area contributed by atoms with E-state index in [4.69, 9.17) is 4.18 Å². The molecule has 0 atom stereocenters. The molecule has 0 unspecified atom stereocenters. The van der Waals surface area contributed by atoms with Crippen molar-refractivity contribution in [3.05, 3.63) is 97.1 Å². The Hall–Kier alpha value is -4.76. The van der Waals surface area contributed by atoms with Gasteiger partial charge in [0, 0.05) is 35.4 Å². The van der Waals surface area contributed by atoms with Gasteiger partial charge in [-0.05, 0) is 48.7 Å². The van der Waals surface area contributed by atoms with Crippen LogP contribution in [0.4, 0.5) is 22.7 Å². The van der Waals surface area contributed by atoms with Crippen LogP contribution in [0.2, 0.25) is 0 Å². The van der Waals surface area contributed by atoms with E-state index >= 15 is 0 Å². The number of azo groups is 2. The van der Waals surface area contributed by atoms with E-state index < -0.39 is 20.2 Å². The van der Waals surface area contributed by atoms with Gasteiger partial charge in [0.05, 0.1) is 31.9 Å². The van der Waals surface area contributed by atoms with Gasteiger partial charge in [0.15, 0.2) is 5.75 Å². The van der Waals surface area contributed by atoms with Crippen LogP contribution in [0, 0.1) is 0 Å². The Labute approximate surface area is 309 Å². The molecule has 0 aromatic heterocycles. The molecule has 0 saturated heterocycles. The predicted octanol–water partition coefficient (Wildman–Crippen LogP) is 11.0. The Morgan fingerprint density at radius 3 is 1.56 bits per heavy atom. The molecule has 12 nitrogen and oxygen atoms in total. The van der Waals surface area contributed by atoms with Gasteiger partial charge in [-0.25, -0.2) is 0 Å². The summed E-state index contributed by atoms with van der Waals surface area (Å²) >= 11 is 0. The van der Waals surface area contributed by atoms with Crippen molar-refractivity contribution in [1.29, 1.82) is 0 Å². The third-order valence-electron chi connectivity index (χ3n) is 6.23. The Bertz CT molecular complexity index is 2030. The van der Waals surface area contributed by atoms with E-state index in [0.29, 0.717) is 28.7 Å². The van der Waals surface area contributed by atoms with Crippen LogP contribution in [-0.2, 0) is 28.6 Å². The zero-order valence-electron chi connectivity index (χ0n) is 31.9. The topological polar surface area (TPSA) is 168 Å². The molecule has 2 N–H and O–H groups in total. The number of nitrogens with one attached hydrogen (secondary N) is 1. The largest absolute Gasteiger partial charge is 0.505 e. The lowest BCUT2D eigenvalue weighted by Crippen LogP contribution is -2.03. The van der Waals surface area contributed by atoms with Gasteiger partial charge >= 0.3 is 0 Å². The molecule has 0 fully saturated rings. The number of fused-ring (bicyclic) bond motifs is 2. The molecule has 0 aliphatic heterocycles. The molecule has 0 bridgehead atoms. The van der Waals surface area contributed by atoms with Crippen molar-refractivity contribution in [1.82, 2.24) is 0 Å². The van der Waals surface area contributed by atoms with Gasteiger partial charge in [0.1, 0.15) is 10.6 Å². The van der Waals surface area contributed by atoms with Crippen LogP contribution in [-0.4, -0.2) is 56.0 Å². The van der Waals surface area contributed by atoms with Gasteiger partial charge in [-0.1, -0.05) is 102 Å². The van der Waals surface area contributed by atoms with Crippen LogP contribution < -0.4 is 5.32 Å². The molecule has 5 aromatic carbocycles. The van der Waals surface area contributed by atoms with Gasteiger partial charge in [-0.15, -0.1) is 10.2 Å². The smallest absolute Gasteiger partial charge is 0.299 e. The maximum absolute atomic E-state index is 12.7. The lowest BCUT2D eigenvalue weighted by atomic mass is 10.1. The summed E-state index contributed by atoms with van der Waals surface area (Å²) in [6.45, 7) is 14.6. The number of nitrogens with zero attached hydrogens (tertiary/aromatic N) is 4. The third-order valence-corrected chi connectivity index (χ3v) is 8.13. The Morgan fingerprint density at radius 2 is 1.13 bits per heavy atom. The zero-order valence-corrected chi connectivity index (χ0v) is 33.6. The number of phenolic OH excluding ortho intramolecular Hbond substituents is 1. The molecule has 0 aliphatic rings. The van der Waals surface area contributed by atoms with E-state index in [-0.39, 0.29) is 16.3 Å². The third kappa shape index (κ3) is 14.8. The predicted molar refractivity (Wildman–Crippen MR) is 215 cm³/mol. The second-order valence-corrected chi connectivity index (χ2v) is 12.8. The maximum atomic E-state index is 12.7. The van der Waals surface area contributed by atoms with E-state index in [2.05, 4.69) is 30.0 Å². The van der Waals surface area contributed by atoms with Gasteiger partial charge in [0.2, 0.25) is 0 Å². The van der Waals surface area contributed by atoms with Gasteiger partial charge in [0.25, 0.3) is 20.2 Å². The van der Waals surface area contributed by atoms with E-state index in [9.17, 15) is 21.9 Å². The SMILES string of the molecule is CC.CC.CC.CCNc1ccc2c(O)c(N=Nc3ccc(N=NC)c4ccccc34)c(S(=O)(=O)OC)cc2c1.COS(C)(=O)=O.c1ccccc1. The molecule has 0 spiro atoms. The summed E-state index contributed by atoms with van der Waals surface area (Å²) in [6, 6.07) is 29.6. The summed E-state index contributed by atoms with van der Waals surface area (Å²) in [5, 5.41) is 33.1. The Balaban J connectivity index is 0.00000120. The fraction of sp³-hybridized carbons (Fsp3) is 0.316. The monoisotopic (exact) mass is 755 g/mol. The first-order chi connectivity index (χ1) is 25.0. The van der Waals surface area contributed by atoms with Crippen molar-refractivity contribution in [3.63, 3.8) is 0 Å². The number of hydrogen-bond acceptors (Lipinski definition) is 12. The number of anilines is 1. The molecule has 14 heteroatoms. The van der Waals surface area contributed by atoms with E-state index in [0.717, 1.165) is 36.9 Å². The molecule has 0 aliphatic carbocycles. The fourth-order valence-electron chi connectivity index (χ4n) is 4.08. The summed E-state index contributed by atoms with van der Waals surface area (Å²) in [4.78, 5) is -0.280. The Kier molecular flexibility index (Phi) is 22.9. The molecule has 5 rings (SSSR count). The van der Waals surface area contributed by atoms with Crippen molar-refractivity contribution in [2.75, 3.05) is 39.4 Å². The van der Waals surface area contributed by atoms with Crippen LogP contribution in [0.25, 0.3) is 21.5 Å². The molecule has 52 heavy (non-hydrogen) atoms. The van der Waals surface area contributed by atoms with Crippen molar-refractivity contribution in [2.45, 2.75) is 53.4 Å². The highest BCUT2D eigenvalue weighted by molar-refractivity contribution is 7.87. The second-order valence-electron chi connectivity index (χ2n) is 9.33. The van der Waals surface area contributed by atoms with Gasteiger partial charge in [-0.2, -0.15) is 27.1 Å². The van der Waals surface area contributed by atoms with E-state index in [1.54, 1.807) is 37.4 Å². The highest BCUT2D eigenvalue weighted by Crippen LogP contribution is 2.43. The molecule has 5 aromatic rings. The highest BCUT2D eigenvalue weighted by atomic mass is 32.2. The molecular weight excluding hydrogens is 703 g/mol. The number of hydrogen-bond donors (Lipinski definition) is 2. The zero-order chi connectivity index (χ0) is 39.7. The lowest BCUT2D eigenvalue weighted by Gasteiger charge is -2.12. The minimum atomic E-state index is -4.19. The normalized spacial score (nSPS) is 10.7. The molecule has 284 valence electrons. The van der Waals surface area contributed by atoms with E-state index in [1.807, 2.05) is 109 Å². The first-order valence-electron chi connectivity index (χ1n) is 16.8. The standard InChI is InChI=1S/C24H23N5O4S.C6H6.C2H6O3S.3C2H6/c1-4-26-16-9-10-17-15(13-16)14-22(34(31,32)33-3)23(24(17)30)29-28-21-12-11-20(27-25-2)18-7-5-6-8-19(18)21;1-2-4-6-5-3-1;1-5-6(2,3)4;3*1-2/h5-14,26,30H,4H2,1-3H3;1-6H;1-2H3;3*1-2H3. The summed E-state index contributed by atoms with van der Waals surface area (Å²) < 4.78 is 53.6. The number of benzene rings is 5. The van der Waals surface area contributed by atoms with Crippen LogP contribution >= 0.6 is 0 Å². The maximum Gasteiger partial charge on any atom is 0.299 e. The Morgan fingerprint density at radius 1 is 0.654 bits per heavy atom. The number of aromatic hydroxyl groups is 1. The summed E-state index contributed by atoms with van der Waals surface area (Å²) in [7, 11) is -3.59. The van der Waals surface area contributed by atoms with Crippen LogP contribution in [0.5, 0.6) is 5.75 Å². The molecule has 0 saturated carbocycles. The molecule has 0 heterocycles. The van der Waals surface area contributed by atoms with Crippen molar-refractivity contribution in [3.8, 4) is 5.75 Å². The summed E-state index contributed by atoms with van der Waals surface area (Å²) in [5.41, 5.74) is 1.74. The molecule has 0 radical (unpaired) electrons. The first-order valence-corrected chi connectivity index (χ1v) is 20.0. The number of phenols is 1. The van der Waals surface area contributed by atoms with Crippen molar-refractivity contribution in [2.24, 2.45) is 20.5 Å². The highest BCUT2D eigenvalue weighted by Gasteiger charge is 2.24. The second kappa shape index (κ2) is 25.2. The van der Waals surface area contributed by atoms with Crippen LogP contribution in [0.15, 0.2) is 122 Å². The van der Waals surface area contributed by atoms with Gasteiger partial charge in [-0.3, -0.25) is 8.37 Å². The quantitative estimate of drug-likeness (QED) is 0.116. The molecular formula is C38H53N5O7S2. The van der Waals surface area contributed by atoms with Crippen molar-refractivity contribution < 1.29 is 30.3 Å². The molecule has 0 amide bonds. The minimum absolute atomic E-state index is 0.202. The van der Waals surface area contributed by atoms with Crippen LogP contribution in [0.3, 0.4) is 0 Å². The van der Waals surface area contributed by atoms with Crippen LogP contribution in [0.1, 0.15) is 48.5 Å².